The summed E-state index contributed by atoms with van der Waals surface area (Å²) < 4.78 is 71.1. The number of aliphatic hydroxyl groups is 1. The fourth-order valence-electron chi connectivity index (χ4n) is 5.23. The van der Waals surface area contributed by atoms with Crippen molar-refractivity contribution >= 4 is 87.3 Å². The van der Waals surface area contributed by atoms with E-state index in [-0.39, 0.29) is 150 Å². The van der Waals surface area contributed by atoms with Crippen molar-refractivity contribution in [3.8, 4) is 29.4 Å². The predicted octanol–water partition coefficient (Wildman–Crippen LogP) is -2.55. The second-order valence-electron chi connectivity index (χ2n) is 15.9. The van der Waals surface area contributed by atoms with Crippen LogP contribution in [0, 0.1) is 0 Å². The van der Waals surface area contributed by atoms with Crippen molar-refractivity contribution in [2.24, 2.45) is 0 Å². The number of rotatable bonds is 35. The zero-order valence-corrected chi connectivity index (χ0v) is 48.1. The molecule has 5 heterocycles. The third kappa shape index (κ3) is 32.4. The van der Waals surface area contributed by atoms with E-state index in [4.69, 9.17) is 153 Å². The molecule has 480 valence electrons. The lowest BCUT2D eigenvalue weighted by molar-refractivity contribution is -0.0967. The molecule has 0 aliphatic rings. The molecule has 0 radical (unpaired) electrons. The van der Waals surface area contributed by atoms with E-state index in [1.54, 1.807) is 14.2 Å². The van der Waals surface area contributed by atoms with Crippen LogP contribution in [0.15, 0.2) is 0 Å². The van der Waals surface area contributed by atoms with Gasteiger partial charge in [0.25, 0.3) is 0 Å². The molecule has 40 nitrogen and oxygen atoms in total. The number of hydrogen-bond acceptors (Lipinski definition) is 40. The molecule has 0 unspecified atom stereocenters. The Labute approximate surface area is 489 Å². The SMILES string of the molecule is CCOCOCOc1nc(N)nc(N)c1N.COCCCOCCCOc1nc(N)nc(N)c1N.COCCOCCOc1nc(N)nc(N)c1N.COCOCOc1nc(N)nc(N)c1N.Nc1nc(N)c(N)c(OCCCOCCCO)n1. The van der Waals surface area contributed by atoms with Gasteiger partial charge in [0.1, 0.15) is 41.8 Å². The lowest BCUT2D eigenvalue weighted by Crippen LogP contribution is -2.13. The van der Waals surface area contributed by atoms with Gasteiger partial charge in [-0.3, -0.25) is 0 Å². The van der Waals surface area contributed by atoms with E-state index >= 15 is 0 Å². The molecule has 0 atom stereocenters. The standard InChI is InChI=1S/C11H21N5O3.C10H19N5O3.C9H17N5O3.C8H15N5O3.C7H13N5O3/c1-17-4-2-5-18-6-3-7-19-10-8(12)9(13)15-11(14)16-10;11-7-8(12)14-10(13)15-9(7)18-6-2-5-17-4-1-3-16;1-15-2-3-16-4-5-17-8-6(10)7(11)13-9(12)14-8;1-2-14-3-15-4-16-7-5(9)6(10)12-8(11)13-7;1-13-2-14-3-15-6-4(8)5(9)11-7(10)12-6/h2-7,12H2,1H3,(H4,13,14,15,16);16H,1-6,11H2,(H4,12,13,14,15);2-5,10H2,1H3,(H4,11,12,13,14);2-4,9H2,1H3,(H4,10,11,12,13);2-3,8H2,1H3,(H4,9,10,11,12). The van der Waals surface area contributed by atoms with E-state index in [0.29, 0.717) is 92.1 Å². The van der Waals surface area contributed by atoms with E-state index in [0.717, 1.165) is 12.8 Å². The van der Waals surface area contributed by atoms with Crippen molar-refractivity contribution < 1.29 is 71.4 Å². The van der Waals surface area contributed by atoms with Crippen molar-refractivity contribution in [2.45, 2.75) is 32.6 Å². The average molecular weight is 1220 g/mol. The first kappa shape index (κ1) is 74.0. The largest absolute Gasteiger partial charge is 0.476 e. The number of nitrogens with zero attached hydrogens (tertiary/aromatic N) is 10. The first-order chi connectivity index (χ1) is 40.7. The third-order valence-electron chi connectivity index (χ3n) is 9.24. The Balaban J connectivity index is 0.000000532. The highest BCUT2D eigenvalue weighted by Crippen LogP contribution is 2.27. The molecule has 5 rings (SSSR count). The molecule has 0 bridgehead atoms. The zero-order valence-electron chi connectivity index (χ0n) is 48.1. The smallest absolute Gasteiger partial charge is 0.246 e. The van der Waals surface area contributed by atoms with Crippen molar-refractivity contribution in [1.82, 2.24) is 49.8 Å². The maximum atomic E-state index is 8.54. The summed E-state index contributed by atoms with van der Waals surface area (Å²) in [5, 5.41) is 8.54. The van der Waals surface area contributed by atoms with Gasteiger partial charge in [-0.1, -0.05) is 0 Å². The fourth-order valence-corrected chi connectivity index (χ4v) is 5.23. The molecule has 0 spiro atoms. The number of ether oxygens (including phenoxy) is 14. The number of aliphatic hydroxyl groups excluding tert-OH is 1. The summed E-state index contributed by atoms with van der Waals surface area (Å²) in [6, 6.07) is 0. The minimum Gasteiger partial charge on any atom is -0.476 e. The number of methoxy groups -OCH3 is 3. The van der Waals surface area contributed by atoms with Crippen molar-refractivity contribution in [1.29, 1.82) is 0 Å². The second kappa shape index (κ2) is 44.6. The molecule has 40 heteroatoms. The van der Waals surface area contributed by atoms with E-state index in [1.807, 2.05) is 6.92 Å². The van der Waals surface area contributed by atoms with Gasteiger partial charge in [-0.2, -0.15) is 49.8 Å². The van der Waals surface area contributed by atoms with Crippen LogP contribution in [0.5, 0.6) is 29.4 Å². The molecule has 0 fully saturated rings. The third-order valence-corrected chi connectivity index (χ3v) is 9.24. The van der Waals surface area contributed by atoms with Crippen LogP contribution in [0.4, 0.5) is 87.3 Å². The summed E-state index contributed by atoms with van der Waals surface area (Å²) in [6.07, 6.45) is 2.90. The van der Waals surface area contributed by atoms with Crippen LogP contribution >= 0.6 is 0 Å². The van der Waals surface area contributed by atoms with Crippen molar-refractivity contribution in [3.05, 3.63) is 0 Å². The number of nitrogens with two attached hydrogens (primary N) is 15. The highest BCUT2D eigenvalue weighted by Gasteiger charge is 2.13. The predicted molar refractivity (Wildman–Crippen MR) is 316 cm³/mol. The molecule has 0 aromatic carbocycles. The topological polar surface area (TPSA) is 669 Å². The van der Waals surface area contributed by atoms with Gasteiger partial charge < -0.3 is 157 Å². The molecule has 85 heavy (non-hydrogen) atoms. The Bertz CT molecular complexity index is 2610. The molecule has 0 aliphatic carbocycles. The first-order valence-corrected chi connectivity index (χ1v) is 25.3. The summed E-state index contributed by atoms with van der Waals surface area (Å²) in [5.41, 5.74) is 83.4. The first-order valence-electron chi connectivity index (χ1n) is 25.3. The lowest BCUT2D eigenvalue weighted by atomic mass is 10.4. The fraction of sp³-hybridized carbons (Fsp3) is 0.556. The maximum Gasteiger partial charge on any atom is 0.246 e. The Morgan fingerprint density at radius 2 is 0.588 bits per heavy atom. The number of anilines is 15. The van der Waals surface area contributed by atoms with Crippen LogP contribution in [0.25, 0.3) is 0 Å². The second-order valence-corrected chi connectivity index (χ2v) is 15.9. The van der Waals surface area contributed by atoms with Crippen molar-refractivity contribution in [3.63, 3.8) is 0 Å². The molecule has 0 amide bonds. The van der Waals surface area contributed by atoms with Gasteiger partial charge in [-0.15, -0.1) is 0 Å². The molecule has 5 aromatic heterocycles. The summed E-state index contributed by atoms with van der Waals surface area (Å²) in [5.74, 6) is 1.32. The van der Waals surface area contributed by atoms with Crippen LogP contribution < -0.4 is 110 Å². The van der Waals surface area contributed by atoms with E-state index in [9.17, 15) is 0 Å². The molecule has 0 aliphatic heterocycles. The van der Waals surface area contributed by atoms with E-state index in [2.05, 4.69) is 54.6 Å². The Kier molecular flexibility index (Phi) is 38.8. The molecule has 31 N–H and O–H groups in total. The highest BCUT2D eigenvalue weighted by atomic mass is 16.7. The van der Waals surface area contributed by atoms with E-state index < -0.39 is 0 Å². The lowest BCUT2D eigenvalue weighted by Gasteiger charge is -2.09. The minimum atomic E-state index is -0.0616. The molecular weight excluding hydrogens is 1130 g/mol. The normalized spacial score (nSPS) is 10.4. The average Bonchev–Trinajstić information content (AvgIpc) is 3.68. The van der Waals surface area contributed by atoms with Gasteiger partial charge in [0, 0.05) is 80.4 Å². The Morgan fingerprint density at radius 3 is 0.929 bits per heavy atom. The Hall–Kier alpha value is -9.00. The summed E-state index contributed by atoms with van der Waals surface area (Å²) in [4.78, 5) is 37.5. The van der Waals surface area contributed by atoms with Crippen LogP contribution in [0.2, 0.25) is 0 Å². The number of aromatic nitrogens is 10. The van der Waals surface area contributed by atoms with Crippen LogP contribution in [-0.4, -0.2) is 189 Å². The minimum absolute atomic E-state index is 0.00786. The maximum absolute atomic E-state index is 8.54. The van der Waals surface area contributed by atoms with E-state index in [1.165, 1.54) is 7.11 Å². The monoisotopic (exact) mass is 1220 g/mol. The van der Waals surface area contributed by atoms with Gasteiger partial charge >= 0.3 is 0 Å². The quantitative estimate of drug-likeness (QED) is 0.0147. The van der Waals surface area contributed by atoms with Gasteiger partial charge in [0.05, 0.1) is 33.0 Å². The number of hydrogen-bond donors (Lipinski definition) is 16. The van der Waals surface area contributed by atoms with Crippen molar-refractivity contribution in [2.75, 3.05) is 220 Å². The summed E-state index contributed by atoms with van der Waals surface area (Å²) in [6.45, 7) is 8.25. The van der Waals surface area contributed by atoms with Crippen LogP contribution in [0.3, 0.4) is 0 Å². The Morgan fingerprint density at radius 1 is 0.282 bits per heavy atom. The molecule has 0 saturated heterocycles. The molecular formula is C45H85N25O15. The highest BCUT2D eigenvalue weighted by molar-refractivity contribution is 5.68. The van der Waals surface area contributed by atoms with Gasteiger partial charge in [0.2, 0.25) is 59.1 Å². The molecule has 5 aromatic rings. The summed E-state index contributed by atoms with van der Waals surface area (Å²) >= 11 is 0. The van der Waals surface area contributed by atoms with Gasteiger partial charge in [-0.05, 0) is 19.8 Å². The van der Waals surface area contributed by atoms with Gasteiger partial charge in [-0.25, -0.2) is 0 Å². The van der Waals surface area contributed by atoms with Crippen LogP contribution in [-0.2, 0) is 42.6 Å². The van der Waals surface area contributed by atoms with Gasteiger partial charge in [0.15, 0.2) is 49.5 Å². The molecule has 0 saturated carbocycles. The summed E-state index contributed by atoms with van der Waals surface area (Å²) in [7, 11) is 4.76. The number of nitrogen functional groups attached to an aromatic ring is 15. The zero-order chi connectivity index (χ0) is 63.4. The van der Waals surface area contributed by atoms with Crippen LogP contribution in [0.1, 0.15) is 32.6 Å².